The Morgan fingerprint density at radius 2 is 2.00 bits per heavy atom. The van der Waals surface area contributed by atoms with E-state index in [-0.39, 0.29) is 17.1 Å². The minimum absolute atomic E-state index is 0.117. The number of primary amides is 1. The average Bonchev–Trinajstić information content (AvgIpc) is 3.18. The van der Waals surface area contributed by atoms with Crippen molar-refractivity contribution in [3.63, 3.8) is 0 Å². The lowest BCUT2D eigenvalue weighted by Gasteiger charge is -2.15. The summed E-state index contributed by atoms with van der Waals surface area (Å²) in [4.78, 5) is 21.3. The van der Waals surface area contributed by atoms with E-state index in [0.29, 0.717) is 34.5 Å². The molecule has 0 spiro atoms. The van der Waals surface area contributed by atoms with Crippen LogP contribution in [-0.4, -0.2) is 37.1 Å². The lowest BCUT2D eigenvalue weighted by atomic mass is 10.1. The van der Waals surface area contributed by atoms with Crippen LogP contribution in [0.15, 0.2) is 24.7 Å². The highest BCUT2D eigenvalue weighted by Crippen LogP contribution is 2.36. The monoisotopic (exact) mass is 380 g/mol. The van der Waals surface area contributed by atoms with Crippen molar-refractivity contribution < 1.29 is 14.6 Å². The second-order valence-corrected chi connectivity index (χ2v) is 6.65. The second-order valence-electron chi connectivity index (χ2n) is 6.65. The molecule has 1 amide bonds. The number of methoxy groups -OCH3 is 1. The van der Waals surface area contributed by atoms with Crippen LogP contribution in [0.5, 0.6) is 5.75 Å². The summed E-state index contributed by atoms with van der Waals surface area (Å²) in [7, 11) is 1.59. The molecule has 0 atom stereocenters. The molecule has 5 N–H and O–H groups in total. The molecule has 0 radical (unpaired) electrons. The summed E-state index contributed by atoms with van der Waals surface area (Å²) in [5.74, 6) is -0.411. The van der Waals surface area contributed by atoms with Gasteiger partial charge < -0.3 is 21.3 Å². The number of amides is 1. The molecular formula is C19H20N6O3. The molecule has 0 fully saturated rings. The SMILES string of the molecule is COCc1cnc2c3c(C(N)=O)c(N)n(-c4c(C)ccc(O)c4C)c3ncn12. The van der Waals surface area contributed by atoms with Crippen LogP contribution in [0.3, 0.4) is 0 Å². The Bertz CT molecular complexity index is 1250. The van der Waals surface area contributed by atoms with Gasteiger partial charge in [0.1, 0.15) is 23.5 Å². The molecular weight excluding hydrogens is 360 g/mol. The van der Waals surface area contributed by atoms with Gasteiger partial charge in [-0.25, -0.2) is 9.97 Å². The van der Waals surface area contributed by atoms with E-state index in [1.807, 2.05) is 6.92 Å². The molecule has 3 heterocycles. The van der Waals surface area contributed by atoms with Crippen molar-refractivity contribution in [3.8, 4) is 11.4 Å². The molecule has 0 bridgehead atoms. The zero-order valence-electron chi connectivity index (χ0n) is 15.7. The lowest BCUT2D eigenvalue weighted by Crippen LogP contribution is -2.14. The molecule has 0 unspecified atom stereocenters. The first-order valence-corrected chi connectivity index (χ1v) is 8.59. The summed E-state index contributed by atoms with van der Waals surface area (Å²) in [5, 5.41) is 10.7. The van der Waals surface area contributed by atoms with E-state index >= 15 is 0 Å². The Kier molecular flexibility index (Phi) is 3.97. The molecule has 1 aromatic carbocycles. The summed E-state index contributed by atoms with van der Waals surface area (Å²) < 4.78 is 8.57. The largest absolute Gasteiger partial charge is 0.508 e. The van der Waals surface area contributed by atoms with Gasteiger partial charge >= 0.3 is 0 Å². The molecule has 4 rings (SSSR count). The molecule has 9 heteroatoms. The molecule has 9 nitrogen and oxygen atoms in total. The number of aryl methyl sites for hydroxylation is 1. The molecule has 0 aliphatic heterocycles. The highest BCUT2D eigenvalue weighted by atomic mass is 16.5. The summed E-state index contributed by atoms with van der Waals surface area (Å²) in [6.07, 6.45) is 3.26. The van der Waals surface area contributed by atoms with Gasteiger partial charge in [0.2, 0.25) is 0 Å². The summed E-state index contributed by atoms with van der Waals surface area (Å²) in [6, 6.07) is 3.39. The number of imidazole rings is 1. The van der Waals surface area contributed by atoms with E-state index in [1.165, 1.54) is 0 Å². The quantitative estimate of drug-likeness (QED) is 0.494. The van der Waals surface area contributed by atoms with Crippen LogP contribution in [0.1, 0.15) is 27.2 Å². The van der Waals surface area contributed by atoms with Crippen molar-refractivity contribution in [3.05, 3.63) is 47.0 Å². The first-order chi connectivity index (χ1) is 13.4. The molecule has 28 heavy (non-hydrogen) atoms. The predicted molar refractivity (Wildman–Crippen MR) is 105 cm³/mol. The van der Waals surface area contributed by atoms with Crippen LogP contribution < -0.4 is 11.5 Å². The fourth-order valence-corrected chi connectivity index (χ4v) is 3.63. The lowest BCUT2D eigenvalue weighted by molar-refractivity contribution is 0.100. The first kappa shape index (κ1) is 17.8. The maximum atomic E-state index is 12.3. The predicted octanol–water partition coefficient (Wildman–Crippen LogP) is 1.82. The van der Waals surface area contributed by atoms with E-state index in [4.69, 9.17) is 16.2 Å². The van der Waals surface area contributed by atoms with Gasteiger partial charge in [-0.1, -0.05) is 6.07 Å². The van der Waals surface area contributed by atoms with Gasteiger partial charge in [0.05, 0.1) is 35.1 Å². The Morgan fingerprint density at radius 3 is 2.68 bits per heavy atom. The van der Waals surface area contributed by atoms with Crippen LogP contribution in [0.2, 0.25) is 0 Å². The Balaban J connectivity index is 2.19. The zero-order chi connectivity index (χ0) is 20.2. The number of fused-ring (bicyclic) bond motifs is 3. The number of benzene rings is 1. The number of hydrogen-bond acceptors (Lipinski definition) is 6. The normalized spacial score (nSPS) is 11.5. The number of phenolic OH excluding ortho intramolecular Hbond substituents is 1. The van der Waals surface area contributed by atoms with Gasteiger partial charge in [0.25, 0.3) is 5.91 Å². The maximum Gasteiger partial charge on any atom is 0.253 e. The molecule has 3 aromatic heterocycles. The number of anilines is 1. The number of hydrogen-bond donors (Lipinski definition) is 3. The zero-order valence-corrected chi connectivity index (χ0v) is 15.7. The van der Waals surface area contributed by atoms with E-state index in [1.54, 1.807) is 47.7 Å². The number of nitrogens with zero attached hydrogens (tertiary/aromatic N) is 4. The third-order valence-corrected chi connectivity index (χ3v) is 4.94. The highest BCUT2D eigenvalue weighted by molar-refractivity contribution is 6.15. The van der Waals surface area contributed by atoms with E-state index in [9.17, 15) is 9.90 Å². The molecule has 4 aromatic rings. The van der Waals surface area contributed by atoms with Crippen LogP contribution in [0.25, 0.3) is 22.4 Å². The van der Waals surface area contributed by atoms with Crippen molar-refractivity contribution in [2.24, 2.45) is 5.73 Å². The number of rotatable bonds is 4. The third-order valence-electron chi connectivity index (χ3n) is 4.94. The number of carbonyl (C=O) groups excluding carboxylic acids is 1. The van der Waals surface area contributed by atoms with Gasteiger partial charge in [-0.2, -0.15) is 0 Å². The van der Waals surface area contributed by atoms with Crippen molar-refractivity contribution in [1.29, 1.82) is 0 Å². The topological polar surface area (TPSA) is 134 Å². The molecule has 0 saturated heterocycles. The Hall–Kier alpha value is -3.59. The summed E-state index contributed by atoms with van der Waals surface area (Å²) in [5.41, 5.74) is 16.0. The summed E-state index contributed by atoms with van der Waals surface area (Å²) in [6.45, 7) is 4.00. The average molecular weight is 380 g/mol. The van der Waals surface area contributed by atoms with E-state index < -0.39 is 5.91 Å². The van der Waals surface area contributed by atoms with E-state index in [0.717, 1.165) is 11.3 Å². The van der Waals surface area contributed by atoms with Crippen LogP contribution in [0, 0.1) is 13.8 Å². The van der Waals surface area contributed by atoms with Crippen molar-refractivity contribution in [1.82, 2.24) is 18.9 Å². The van der Waals surface area contributed by atoms with Crippen molar-refractivity contribution in [2.45, 2.75) is 20.5 Å². The number of nitrogens with two attached hydrogens (primary N) is 2. The van der Waals surface area contributed by atoms with E-state index in [2.05, 4.69) is 9.97 Å². The van der Waals surface area contributed by atoms with Gasteiger partial charge in [-0.15, -0.1) is 0 Å². The number of aromatic hydroxyl groups is 1. The van der Waals surface area contributed by atoms with Crippen LogP contribution >= 0.6 is 0 Å². The van der Waals surface area contributed by atoms with Gasteiger partial charge in [-0.05, 0) is 25.5 Å². The molecule has 144 valence electrons. The third kappa shape index (κ3) is 2.33. The first-order valence-electron chi connectivity index (χ1n) is 8.59. The summed E-state index contributed by atoms with van der Waals surface area (Å²) >= 11 is 0. The minimum atomic E-state index is -0.678. The fourth-order valence-electron chi connectivity index (χ4n) is 3.63. The van der Waals surface area contributed by atoms with Crippen LogP contribution in [-0.2, 0) is 11.3 Å². The Labute approximate surface area is 160 Å². The number of phenols is 1. The van der Waals surface area contributed by atoms with Crippen molar-refractivity contribution >= 4 is 28.4 Å². The molecule has 0 aliphatic carbocycles. The number of nitrogen functional groups attached to an aromatic ring is 1. The molecule has 0 aliphatic rings. The van der Waals surface area contributed by atoms with Gasteiger partial charge in [-0.3, -0.25) is 13.8 Å². The minimum Gasteiger partial charge on any atom is -0.508 e. The van der Waals surface area contributed by atoms with Crippen molar-refractivity contribution in [2.75, 3.05) is 12.8 Å². The Morgan fingerprint density at radius 1 is 1.25 bits per heavy atom. The fraction of sp³-hybridized carbons (Fsp3) is 0.211. The number of aromatic nitrogens is 4. The van der Waals surface area contributed by atoms with Gasteiger partial charge in [0, 0.05) is 12.7 Å². The smallest absolute Gasteiger partial charge is 0.253 e. The maximum absolute atomic E-state index is 12.3. The molecule has 0 saturated carbocycles. The van der Waals surface area contributed by atoms with Crippen LogP contribution in [0.4, 0.5) is 5.82 Å². The van der Waals surface area contributed by atoms with Gasteiger partial charge in [0.15, 0.2) is 5.65 Å². The number of carbonyl (C=O) groups is 1. The number of ether oxygens (including phenoxy) is 1. The standard InChI is InChI=1S/C19H20N6O3/c1-9-4-5-12(26)10(2)15(9)25-16(20)13(17(21)27)14-18-22-6-11(7-28-3)24(18)8-23-19(14)25/h4-6,8,26H,7,20H2,1-3H3,(H2,21,27). The second kappa shape index (κ2) is 6.24. The highest BCUT2D eigenvalue weighted by Gasteiger charge is 2.26.